The van der Waals surface area contributed by atoms with Gasteiger partial charge < -0.3 is 5.32 Å². The molecule has 0 aliphatic carbocycles. The molecule has 0 bridgehead atoms. The molecule has 1 saturated heterocycles. The summed E-state index contributed by atoms with van der Waals surface area (Å²) in [6.07, 6.45) is 0. The quantitative estimate of drug-likeness (QED) is 0.805. The average Bonchev–Trinajstić information content (AvgIpc) is 2.33. The van der Waals surface area contributed by atoms with Gasteiger partial charge in [0.1, 0.15) is 0 Å². The Bertz CT molecular complexity index is 321. The van der Waals surface area contributed by atoms with Crippen LogP contribution in [-0.4, -0.2) is 43.4 Å². The lowest BCUT2D eigenvalue weighted by molar-refractivity contribution is 0.255. The molecule has 0 atom stereocenters. The molecule has 2 nitrogen and oxygen atoms in total. The second-order valence-electron chi connectivity index (χ2n) is 4.21. The summed E-state index contributed by atoms with van der Waals surface area (Å²) >= 11 is 1.98. The maximum Gasteiger partial charge on any atom is 0.0108 e. The Hall–Kier alpha value is -0.510. The van der Waals surface area contributed by atoms with Crippen LogP contribution in [0.15, 0.2) is 29.2 Å². The molecule has 0 spiro atoms. The van der Waals surface area contributed by atoms with Gasteiger partial charge in [-0.05, 0) is 18.6 Å². The summed E-state index contributed by atoms with van der Waals surface area (Å²) in [4.78, 5) is 3.97. The van der Waals surface area contributed by atoms with Crippen LogP contribution >= 0.6 is 11.8 Å². The third-order valence-electron chi connectivity index (χ3n) is 2.97. The predicted octanol–water partition coefficient (Wildman–Crippen LogP) is 1.99. The van der Waals surface area contributed by atoms with E-state index in [1.165, 1.54) is 35.8 Å². The molecule has 1 aliphatic heterocycles. The highest BCUT2D eigenvalue weighted by Gasteiger charge is 2.08. The minimum Gasteiger partial charge on any atom is -0.314 e. The van der Waals surface area contributed by atoms with Gasteiger partial charge in [0.05, 0.1) is 0 Å². The number of benzene rings is 1. The zero-order valence-electron chi connectivity index (χ0n) is 9.91. The summed E-state index contributed by atoms with van der Waals surface area (Å²) in [6.45, 7) is 8.10. The molecule has 0 amide bonds. The average molecular weight is 236 g/mol. The Morgan fingerprint density at radius 1 is 1.25 bits per heavy atom. The van der Waals surface area contributed by atoms with Crippen LogP contribution in [0.3, 0.4) is 0 Å². The molecule has 1 aromatic carbocycles. The van der Waals surface area contributed by atoms with Crippen LogP contribution in [0.1, 0.15) is 5.56 Å². The van der Waals surface area contributed by atoms with Crippen LogP contribution in [0.4, 0.5) is 0 Å². The minimum absolute atomic E-state index is 1.15. The lowest BCUT2D eigenvalue weighted by Crippen LogP contribution is -2.44. The maximum atomic E-state index is 3.38. The van der Waals surface area contributed by atoms with Gasteiger partial charge in [-0.3, -0.25) is 4.90 Å². The van der Waals surface area contributed by atoms with Gasteiger partial charge in [0.25, 0.3) is 0 Å². The highest BCUT2D eigenvalue weighted by Crippen LogP contribution is 2.21. The van der Waals surface area contributed by atoms with Crippen molar-refractivity contribution in [3.05, 3.63) is 29.8 Å². The number of thioether (sulfide) groups is 1. The molecule has 0 saturated carbocycles. The first-order chi connectivity index (χ1) is 7.86. The SMILES string of the molecule is Cc1ccccc1SCCN1CCNCC1. The molecular weight excluding hydrogens is 216 g/mol. The monoisotopic (exact) mass is 236 g/mol. The van der Waals surface area contributed by atoms with E-state index in [0.29, 0.717) is 0 Å². The number of nitrogens with zero attached hydrogens (tertiary/aromatic N) is 1. The molecule has 1 heterocycles. The molecule has 2 rings (SSSR count). The normalized spacial score (nSPS) is 17.6. The summed E-state index contributed by atoms with van der Waals surface area (Å²) in [5.41, 5.74) is 1.40. The van der Waals surface area contributed by atoms with E-state index in [0.717, 1.165) is 13.1 Å². The molecule has 1 fully saturated rings. The molecule has 3 heteroatoms. The van der Waals surface area contributed by atoms with Crippen LogP contribution in [0, 0.1) is 6.92 Å². The van der Waals surface area contributed by atoms with Crippen LogP contribution < -0.4 is 5.32 Å². The van der Waals surface area contributed by atoms with E-state index < -0.39 is 0 Å². The zero-order valence-corrected chi connectivity index (χ0v) is 10.7. The fourth-order valence-electron chi connectivity index (χ4n) is 1.94. The number of piperazine rings is 1. The Balaban J connectivity index is 1.73. The standard InChI is InChI=1S/C13H20N2S/c1-12-4-2-3-5-13(12)16-11-10-15-8-6-14-7-9-15/h2-5,14H,6-11H2,1H3. The fraction of sp³-hybridized carbons (Fsp3) is 0.538. The number of rotatable bonds is 4. The van der Waals surface area contributed by atoms with Gasteiger partial charge >= 0.3 is 0 Å². The highest BCUT2D eigenvalue weighted by molar-refractivity contribution is 7.99. The number of hydrogen-bond acceptors (Lipinski definition) is 3. The third-order valence-corrected chi connectivity index (χ3v) is 4.12. The lowest BCUT2D eigenvalue weighted by atomic mass is 10.2. The van der Waals surface area contributed by atoms with E-state index in [1.807, 2.05) is 11.8 Å². The van der Waals surface area contributed by atoms with Crippen LogP contribution in [0.5, 0.6) is 0 Å². The first kappa shape index (κ1) is 12.0. The molecular formula is C13H20N2S. The summed E-state index contributed by atoms with van der Waals surface area (Å²) in [6, 6.07) is 8.64. The Morgan fingerprint density at radius 3 is 2.75 bits per heavy atom. The van der Waals surface area contributed by atoms with Gasteiger partial charge in [-0.25, -0.2) is 0 Å². The summed E-state index contributed by atoms with van der Waals surface area (Å²) < 4.78 is 0. The van der Waals surface area contributed by atoms with Crippen molar-refractivity contribution >= 4 is 11.8 Å². The summed E-state index contributed by atoms with van der Waals surface area (Å²) in [5, 5.41) is 3.38. The van der Waals surface area contributed by atoms with Crippen molar-refractivity contribution in [2.24, 2.45) is 0 Å². The van der Waals surface area contributed by atoms with E-state index in [4.69, 9.17) is 0 Å². The van der Waals surface area contributed by atoms with Crippen molar-refractivity contribution in [2.75, 3.05) is 38.5 Å². The highest BCUT2D eigenvalue weighted by atomic mass is 32.2. The Labute approximate surface area is 102 Å². The lowest BCUT2D eigenvalue weighted by Gasteiger charge is -2.26. The molecule has 0 unspecified atom stereocenters. The number of aryl methyl sites for hydroxylation is 1. The fourth-order valence-corrected chi connectivity index (χ4v) is 2.98. The van der Waals surface area contributed by atoms with Crippen molar-refractivity contribution in [2.45, 2.75) is 11.8 Å². The smallest absolute Gasteiger partial charge is 0.0108 e. The Kier molecular flexibility index (Phi) is 4.69. The number of nitrogens with one attached hydrogen (secondary N) is 1. The largest absolute Gasteiger partial charge is 0.314 e. The van der Waals surface area contributed by atoms with Crippen LogP contribution in [-0.2, 0) is 0 Å². The van der Waals surface area contributed by atoms with Gasteiger partial charge in [-0.15, -0.1) is 11.8 Å². The van der Waals surface area contributed by atoms with E-state index in [1.54, 1.807) is 0 Å². The van der Waals surface area contributed by atoms with Crippen molar-refractivity contribution in [1.29, 1.82) is 0 Å². The minimum atomic E-state index is 1.15. The third kappa shape index (κ3) is 3.51. The first-order valence-electron chi connectivity index (χ1n) is 5.98. The Morgan fingerprint density at radius 2 is 2.00 bits per heavy atom. The topological polar surface area (TPSA) is 15.3 Å². The van der Waals surface area contributed by atoms with Gasteiger partial charge in [0.2, 0.25) is 0 Å². The predicted molar refractivity (Wildman–Crippen MR) is 71.2 cm³/mol. The first-order valence-corrected chi connectivity index (χ1v) is 6.96. The second-order valence-corrected chi connectivity index (χ2v) is 5.34. The summed E-state index contributed by atoms with van der Waals surface area (Å²) in [5.74, 6) is 1.20. The van der Waals surface area contributed by atoms with Gasteiger partial charge in [0.15, 0.2) is 0 Å². The molecule has 88 valence electrons. The van der Waals surface area contributed by atoms with Crippen molar-refractivity contribution in [3.63, 3.8) is 0 Å². The van der Waals surface area contributed by atoms with E-state index >= 15 is 0 Å². The molecule has 16 heavy (non-hydrogen) atoms. The zero-order chi connectivity index (χ0) is 11.2. The van der Waals surface area contributed by atoms with E-state index in [2.05, 4.69) is 41.4 Å². The van der Waals surface area contributed by atoms with Crippen LogP contribution in [0.2, 0.25) is 0 Å². The van der Waals surface area contributed by atoms with Gasteiger partial charge in [0, 0.05) is 43.4 Å². The van der Waals surface area contributed by atoms with Crippen molar-refractivity contribution < 1.29 is 0 Å². The van der Waals surface area contributed by atoms with Crippen molar-refractivity contribution in [3.8, 4) is 0 Å². The molecule has 0 aromatic heterocycles. The van der Waals surface area contributed by atoms with Crippen LogP contribution in [0.25, 0.3) is 0 Å². The second kappa shape index (κ2) is 6.28. The summed E-state index contributed by atoms with van der Waals surface area (Å²) in [7, 11) is 0. The van der Waals surface area contributed by atoms with Gasteiger partial charge in [-0.2, -0.15) is 0 Å². The molecule has 0 radical (unpaired) electrons. The van der Waals surface area contributed by atoms with Crippen molar-refractivity contribution in [1.82, 2.24) is 10.2 Å². The van der Waals surface area contributed by atoms with E-state index in [-0.39, 0.29) is 0 Å². The number of hydrogen-bond donors (Lipinski definition) is 1. The maximum absolute atomic E-state index is 3.38. The van der Waals surface area contributed by atoms with Gasteiger partial charge in [-0.1, -0.05) is 18.2 Å². The molecule has 1 aliphatic rings. The van der Waals surface area contributed by atoms with E-state index in [9.17, 15) is 0 Å². The molecule has 1 N–H and O–H groups in total. The molecule has 1 aromatic rings.